The first kappa shape index (κ1) is 13.5. The van der Waals surface area contributed by atoms with Crippen molar-refractivity contribution in [3.63, 3.8) is 0 Å². The Morgan fingerprint density at radius 1 is 1.42 bits per heavy atom. The molecule has 19 heavy (non-hydrogen) atoms. The van der Waals surface area contributed by atoms with Crippen molar-refractivity contribution < 1.29 is 18.1 Å². The number of nitro benzene ring substituents is 1. The zero-order valence-electron chi connectivity index (χ0n) is 9.40. The number of alkyl halides is 3. The van der Waals surface area contributed by atoms with E-state index < -0.39 is 24.1 Å². The fourth-order valence-corrected chi connectivity index (χ4v) is 2.26. The lowest BCUT2D eigenvalue weighted by Crippen LogP contribution is -2.15. The van der Waals surface area contributed by atoms with E-state index in [1.54, 1.807) is 6.07 Å². The van der Waals surface area contributed by atoms with Crippen LogP contribution in [0.5, 0.6) is 0 Å². The summed E-state index contributed by atoms with van der Waals surface area (Å²) < 4.78 is 36.7. The van der Waals surface area contributed by atoms with E-state index in [0.29, 0.717) is 4.70 Å². The van der Waals surface area contributed by atoms with Gasteiger partial charge in [-0.15, -0.1) is 11.3 Å². The van der Waals surface area contributed by atoms with Gasteiger partial charge < -0.3 is 5.32 Å². The van der Waals surface area contributed by atoms with Crippen molar-refractivity contribution in [3.8, 4) is 0 Å². The highest BCUT2D eigenvalue weighted by Crippen LogP contribution is 2.34. The molecule has 0 amide bonds. The number of aromatic nitrogens is 1. The van der Waals surface area contributed by atoms with Crippen molar-refractivity contribution in [1.29, 1.82) is 0 Å². The van der Waals surface area contributed by atoms with Crippen LogP contribution < -0.4 is 5.32 Å². The molecule has 0 aliphatic heterocycles. The third kappa shape index (κ3) is 3.11. The topological polar surface area (TPSA) is 68.1 Å². The number of rotatable bonds is 4. The highest BCUT2D eigenvalue weighted by atomic mass is 32.1. The lowest BCUT2D eigenvalue weighted by atomic mass is 10.2. The minimum absolute atomic E-state index is 0.0488. The maximum atomic E-state index is 12.0. The number of thiazole rings is 1. The molecule has 1 N–H and O–H groups in total. The molecule has 0 atom stereocenters. The Morgan fingerprint density at radius 2 is 2.16 bits per heavy atom. The highest BCUT2D eigenvalue weighted by Gasteiger charge is 2.27. The number of nitrogens with zero attached hydrogens (tertiary/aromatic N) is 2. The number of halogens is 3. The monoisotopic (exact) mass is 291 g/mol. The van der Waals surface area contributed by atoms with Gasteiger partial charge in [0.05, 0.1) is 21.6 Å². The molecular weight excluding hydrogens is 283 g/mol. The Balaban J connectivity index is 2.27. The zero-order valence-corrected chi connectivity index (χ0v) is 10.2. The van der Waals surface area contributed by atoms with E-state index >= 15 is 0 Å². The number of nitrogens with one attached hydrogen (secondary N) is 1. The molecule has 5 nitrogen and oxygen atoms in total. The van der Waals surface area contributed by atoms with Crippen LogP contribution in [0.4, 0.5) is 24.5 Å². The fraction of sp³-hybridized carbons (Fsp3) is 0.300. The van der Waals surface area contributed by atoms with Crippen LogP contribution in [0.3, 0.4) is 0 Å². The number of hydrogen-bond acceptors (Lipinski definition) is 5. The third-order valence-electron chi connectivity index (χ3n) is 2.38. The average Bonchev–Trinajstić information content (AvgIpc) is 2.74. The SMILES string of the molecule is O=[N+]([O-])c1c(NCCC(F)(F)F)ccc2scnc12. The van der Waals surface area contributed by atoms with E-state index in [9.17, 15) is 23.3 Å². The smallest absolute Gasteiger partial charge is 0.379 e. The molecule has 2 aromatic rings. The summed E-state index contributed by atoms with van der Waals surface area (Å²) in [5.41, 5.74) is 1.40. The molecule has 1 heterocycles. The molecule has 0 spiro atoms. The van der Waals surface area contributed by atoms with Crippen LogP contribution in [-0.2, 0) is 0 Å². The Hall–Kier alpha value is -1.90. The van der Waals surface area contributed by atoms with Crippen LogP contribution >= 0.6 is 11.3 Å². The number of benzene rings is 1. The van der Waals surface area contributed by atoms with Crippen molar-refractivity contribution in [3.05, 3.63) is 27.8 Å². The molecule has 0 radical (unpaired) electrons. The Morgan fingerprint density at radius 3 is 2.79 bits per heavy atom. The number of anilines is 1. The van der Waals surface area contributed by atoms with Gasteiger partial charge in [0.1, 0.15) is 5.69 Å². The van der Waals surface area contributed by atoms with Gasteiger partial charge >= 0.3 is 11.9 Å². The lowest BCUT2D eigenvalue weighted by molar-refractivity contribution is -0.382. The normalized spacial score (nSPS) is 11.7. The first-order valence-electron chi connectivity index (χ1n) is 5.20. The molecule has 0 aliphatic carbocycles. The second-order valence-corrected chi connectivity index (χ2v) is 4.60. The molecule has 1 aromatic carbocycles. The average molecular weight is 291 g/mol. The van der Waals surface area contributed by atoms with E-state index in [2.05, 4.69) is 10.3 Å². The van der Waals surface area contributed by atoms with Crippen LogP contribution in [-0.4, -0.2) is 22.6 Å². The Labute approximate surface area is 109 Å². The molecule has 0 fully saturated rings. The van der Waals surface area contributed by atoms with Crippen LogP contribution in [0.2, 0.25) is 0 Å². The van der Waals surface area contributed by atoms with Crippen LogP contribution in [0.1, 0.15) is 6.42 Å². The van der Waals surface area contributed by atoms with Gasteiger partial charge in [-0.1, -0.05) is 0 Å². The molecule has 0 aliphatic rings. The van der Waals surface area contributed by atoms with Gasteiger partial charge in [0.15, 0.2) is 5.52 Å². The van der Waals surface area contributed by atoms with E-state index in [0.717, 1.165) is 0 Å². The summed E-state index contributed by atoms with van der Waals surface area (Å²) in [6.07, 6.45) is -5.36. The van der Waals surface area contributed by atoms with Crippen molar-refractivity contribution in [2.45, 2.75) is 12.6 Å². The molecule has 1 aromatic heterocycles. The molecule has 0 saturated heterocycles. The van der Waals surface area contributed by atoms with E-state index in [1.165, 1.54) is 22.9 Å². The van der Waals surface area contributed by atoms with Crippen LogP contribution in [0.15, 0.2) is 17.6 Å². The molecule has 0 bridgehead atoms. The first-order chi connectivity index (χ1) is 8.88. The third-order valence-corrected chi connectivity index (χ3v) is 3.18. The van der Waals surface area contributed by atoms with Crippen molar-refractivity contribution >= 4 is 32.9 Å². The molecule has 9 heteroatoms. The van der Waals surface area contributed by atoms with E-state index in [4.69, 9.17) is 0 Å². The van der Waals surface area contributed by atoms with Crippen molar-refractivity contribution in [1.82, 2.24) is 4.98 Å². The second-order valence-electron chi connectivity index (χ2n) is 3.71. The Kier molecular flexibility index (Phi) is 3.56. The number of hydrogen-bond donors (Lipinski definition) is 1. The summed E-state index contributed by atoms with van der Waals surface area (Å²) in [6.45, 7) is -0.417. The Bertz CT molecular complexity index is 612. The van der Waals surface area contributed by atoms with Gasteiger partial charge in [0, 0.05) is 6.54 Å². The summed E-state index contributed by atoms with van der Waals surface area (Å²) in [4.78, 5) is 14.2. The molecule has 0 saturated carbocycles. The predicted molar refractivity (Wildman–Crippen MR) is 65.4 cm³/mol. The van der Waals surface area contributed by atoms with Gasteiger partial charge in [-0.05, 0) is 12.1 Å². The van der Waals surface area contributed by atoms with Gasteiger partial charge in [-0.25, -0.2) is 4.98 Å². The van der Waals surface area contributed by atoms with Gasteiger partial charge in [-0.3, -0.25) is 10.1 Å². The van der Waals surface area contributed by atoms with E-state index in [1.807, 2.05) is 0 Å². The number of fused-ring (bicyclic) bond motifs is 1. The lowest BCUT2D eigenvalue weighted by Gasteiger charge is -2.09. The zero-order chi connectivity index (χ0) is 14.0. The van der Waals surface area contributed by atoms with Gasteiger partial charge in [0.2, 0.25) is 0 Å². The largest absolute Gasteiger partial charge is 0.390 e. The van der Waals surface area contributed by atoms with Crippen molar-refractivity contribution in [2.24, 2.45) is 0 Å². The van der Waals surface area contributed by atoms with E-state index in [-0.39, 0.29) is 16.9 Å². The maximum absolute atomic E-state index is 12.0. The standard InChI is InChI=1S/C10H8F3N3O2S/c11-10(12,13)3-4-14-6-1-2-7-8(15-5-19-7)9(6)16(17)18/h1-2,5,14H,3-4H2. The molecule has 0 unspecified atom stereocenters. The quantitative estimate of drug-likeness (QED) is 0.690. The van der Waals surface area contributed by atoms with Gasteiger partial charge in [-0.2, -0.15) is 13.2 Å². The summed E-state index contributed by atoms with van der Waals surface area (Å²) in [5.74, 6) is 0. The molecule has 2 rings (SSSR count). The molecular formula is C10H8F3N3O2S. The summed E-state index contributed by atoms with van der Waals surface area (Å²) in [5, 5.41) is 13.4. The second kappa shape index (κ2) is 5.00. The van der Waals surface area contributed by atoms with Crippen molar-refractivity contribution in [2.75, 3.05) is 11.9 Å². The predicted octanol–water partition coefficient (Wildman–Crippen LogP) is 3.57. The maximum Gasteiger partial charge on any atom is 0.390 e. The minimum atomic E-state index is -4.30. The minimum Gasteiger partial charge on any atom is -0.379 e. The number of nitro groups is 1. The van der Waals surface area contributed by atoms with Gasteiger partial charge in [0.25, 0.3) is 0 Å². The first-order valence-corrected chi connectivity index (χ1v) is 6.07. The summed E-state index contributed by atoms with van der Waals surface area (Å²) >= 11 is 1.23. The van der Waals surface area contributed by atoms with Crippen LogP contribution in [0, 0.1) is 10.1 Å². The highest BCUT2D eigenvalue weighted by molar-refractivity contribution is 7.16. The summed E-state index contributed by atoms with van der Waals surface area (Å²) in [6, 6.07) is 2.99. The van der Waals surface area contributed by atoms with Crippen LogP contribution in [0.25, 0.3) is 10.2 Å². The summed E-state index contributed by atoms with van der Waals surface area (Å²) in [7, 11) is 0. The molecule has 102 valence electrons. The fourth-order valence-electron chi connectivity index (χ4n) is 1.58.